The molecule has 2 N–H and O–H groups in total. The van der Waals surface area contributed by atoms with Gasteiger partial charge in [0.2, 0.25) is 5.91 Å². The molecule has 4 nitrogen and oxygen atoms in total. The molecule has 1 aromatic carbocycles. The third-order valence-corrected chi connectivity index (χ3v) is 3.81. The number of halogens is 1. The number of hydrogen-bond acceptors (Lipinski definition) is 3. The van der Waals surface area contributed by atoms with Gasteiger partial charge in [0.15, 0.2) is 0 Å². The second kappa shape index (κ2) is 6.26. The molecule has 1 saturated heterocycles. The first-order chi connectivity index (χ1) is 9.15. The lowest BCUT2D eigenvalue weighted by Gasteiger charge is -2.36. The van der Waals surface area contributed by atoms with Gasteiger partial charge in [-0.05, 0) is 25.6 Å². The van der Waals surface area contributed by atoms with Gasteiger partial charge in [-0.25, -0.2) is 0 Å². The lowest BCUT2D eigenvalue weighted by atomic mass is 10.1. The van der Waals surface area contributed by atoms with E-state index in [4.69, 9.17) is 11.6 Å². The van der Waals surface area contributed by atoms with Gasteiger partial charge in [-0.3, -0.25) is 4.79 Å². The van der Waals surface area contributed by atoms with E-state index in [9.17, 15) is 4.79 Å². The zero-order valence-electron chi connectivity index (χ0n) is 11.4. The Morgan fingerprint density at radius 2 is 2.32 bits per heavy atom. The van der Waals surface area contributed by atoms with E-state index < -0.39 is 0 Å². The summed E-state index contributed by atoms with van der Waals surface area (Å²) in [6, 6.07) is 5.71. The van der Waals surface area contributed by atoms with Crippen LogP contribution in [-0.4, -0.2) is 31.6 Å². The van der Waals surface area contributed by atoms with Gasteiger partial charge in [0.1, 0.15) is 6.04 Å². The molecule has 0 radical (unpaired) electrons. The SMILES string of the molecule is CCNCc1c(Cl)cccc1N1CCNC(=O)C1C. The molecule has 19 heavy (non-hydrogen) atoms. The minimum absolute atomic E-state index is 0.0700. The van der Waals surface area contributed by atoms with Gasteiger partial charge in [0, 0.05) is 35.9 Å². The van der Waals surface area contributed by atoms with Crippen LogP contribution in [0.3, 0.4) is 0 Å². The van der Waals surface area contributed by atoms with Crippen LogP contribution in [-0.2, 0) is 11.3 Å². The third kappa shape index (κ3) is 3.01. The Morgan fingerprint density at radius 1 is 1.53 bits per heavy atom. The largest absolute Gasteiger partial charge is 0.358 e. The number of nitrogens with zero attached hydrogens (tertiary/aromatic N) is 1. The van der Waals surface area contributed by atoms with Crippen LogP contribution < -0.4 is 15.5 Å². The number of amides is 1. The maximum absolute atomic E-state index is 11.8. The predicted molar refractivity (Wildman–Crippen MR) is 78.7 cm³/mol. The fraction of sp³-hybridized carbons (Fsp3) is 0.500. The lowest BCUT2D eigenvalue weighted by molar-refractivity contribution is -0.122. The normalized spacial score (nSPS) is 19.4. The minimum atomic E-state index is -0.160. The molecule has 1 atom stereocenters. The molecule has 0 saturated carbocycles. The fourth-order valence-corrected chi connectivity index (χ4v) is 2.59. The maximum Gasteiger partial charge on any atom is 0.242 e. The fourth-order valence-electron chi connectivity index (χ4n) is 2.35. The number of carbonyl (C=O) groups is 1. The van der Waals surface area contributed by atoms with Crippen molar-refractivity contribution < 1.29 is 4.79 Å². The van der Waals surface area contributed by atoms with E-state index >= 15 is 0 Å². The monoisotopic (exact) mass is 281 g/mol. The first-order valence-corrected chi connectivity index (χ1v) is 7.05. The van der Waals surface area contributed by atoms with Crippen molar-refractivity contribution >= 4 is 23.2 Å². The summed E-state index contributed by atoms with van der Waals surface area (Å²) in [5.41, 5.74) is 2.11. The highest BCUT2D eigenvalue weighted by molar-refractivity contribution is 6.31. The van der Waals surface area contributed by atoms with Crippen LogP contribution in [0.15, 0.2) is 18.2 Å². The van der Waals surface area contributed by atoms with E-state index in [1.807, 2.05) is 25.1 Å². The van der Waals surface area contributed by atoms with Gasteiger partial charge in [0.25, 0.3) is 0 Å². The van der Waals surface area contributed by atoms with Crippen LogP contribution in [0.5, 0.6) is 0 Å². The molecule has 1 aliphatic rings. The van der Waals surface area contributed by atoms with Crippen molar-refractivity contribution in [1.29, 1.82) is 0 Å². The molecule has 5 heteroatoms. The van der Waals surface area contributed by atoms with E-state index in [1.165, 1.54) is 0 Å². The van der Waals surface area contributed by atoms with Crippen LogP contribution >= 0.6 is 11.6 Å². The number of rotatable bonds is 4. The zero-order valence-corrected chi connectivity index (χ0v) is 12.1. The molecule has 0 aromatic heterocycles. The van der Waals surface area contributed by atoms with E-state index in [2.05, 4.69) is 22.5 Å². The Bertz CT molecular complexity index is 464. The molecular formula is C14H20ClN3O. The molecule has 1 heterocycles. The van der Waals surface area contributed by atoms with Crippen molar-refractivity contribution in [2.75, 3.05) is 24.5 Å². The summed E-state index contributed by atoms with van der Waals surface area (Å²) in [6.45, 7) is 7.08. The Labute approximate surface area is 119 Å². The van der Waals surface area contributed by atoms with Gasteiger partial charge >= 0.3 is 0 Å². The first kappa shape index (κ1) is 14.2. The summed E-state index contributed by atoms with van der Waals surface area (Å²) >= 11 is 6.30. The van der Waals surface area contributed by atoms with Crippen LogP contribution in [0.2, 0.25) is 5.02 Å². The van der Waals surface area contributed by atoms with Crippen LogP contribution in [0, 0.1) is 0 Å². The smallest absolute Gasteiger partial charge is 0.242 e. The second-order valence-corrected chi connectivity index (χ2v) is 5.09. The highest BCUT2D eigenvalue weighted by atomic mass is 35.5. The van der Waals surface area contributed by atoms with Crippen molar-refractivity contribution in [3.63, 3.8) is 0 Å². The van der Waals surface area contributed by atoms with Gasteiger partial charge in [0.05, 0.1) is 0 Å². The zero-order chi connectivity index (χ0) is 13.8. The van der Waals surface area contributed by atoms with Crippen molar-refractivity contribution in [3.8, 4) is 0 Å². The Balaban J connectivity index is 2.32. The number of nitrogens with one attached hydrogen (secondary N) is 2. The summed E-state index contributed by atoms with van der Waals surface area (Å²) in [5.74, 6) is 0.0700. The van der Waals surface area contributed by atoms with Crippen molar-refractivity contribution in [1.82, 2.24) is 10.6 Å². The first-order valence-electron chi connectivity index (χ1n) is 6.67. The standard InChI is InChI=1S/C14H20ClN3O/c1-3-16-9-11-12(15)5-4-6-13(11)18-8-7-17-14(19)10(18)2/h4-6,10,16H,3,7-9H2,1-2H3,(H,17,19). The quantitative estimate of drug-likeness (QED) is 0.884. The second-order valence-electron chi connectivity index (χ2n) is 4.68. The van der Waals surface area contributed by atoms with E-state index in [-0.39, 0.29) is 11.9 Å². The van der Waals surface area contributed by atoms with Crippen molar-refractivity contribution in [2.24, 2.45) is 0 Å². The minimum Gasteiger partial charge on any atom is -0.358 e. The molecule has 1 aromatic rings. The van der Waals surface area contributed by atoms with Crippen LogP contribution in [0.4, 0.5) is 5.69 Å². The molecule has 1 amide bonds. The Hall–Kier alpha value is -1.26. The number of piperazine rings is 1. The average molecular weight is 282 g/mol. The van der Waals surface area contributed by atoms with Gasteiger partial charge < -0.3 is 15.5 Å². The maximum atomic E-state index is 11.8. The molecule has 1 aliphatic heterocycles. The summed E-state index contributed by atoms with van der Waals surface area (Å²) in [5, 5.41) is 6.93. The van der Waals surface area contributed by atoms with Gasteiger partial charge in [-0.2, -0.15) is 0 Å². The predicted octanol–water partition coefficient (Wildman–Crippen LogP) is 1.77. The highest BCUT2D eigenvalue weighted by Crippen LogP contribution is 2.29. The summed E-state index contributed by atoms with van der Waals surface area (Å²) in [7, 11) is 0. The molecule has 1 unspecified atom stereocenters. The van der Waals surface area contributed by atoms with Gasteiger partial charge in [-0.15, -0.1) is 0 Å². The van der Waals surface area contributed by atoms with E-state index in [0.29, 0.717) is 6.54 Å². The molecule has 0 bridgehead atoms. The number of benzene rings is 1. The van der Waals surface area contributed by atoms with E-state index in [1.54, 1.807) is 0 Å². The van der Waals surface area contributed by atoms with Crippen molar-refractivity contribution in [2.45, 2.75) is 26.4 Å². The number of hydrogen-bond donors (Lipinski definition) is 2. The summed E-state index contributed by atoms with van der Waals surface area (Å²) < 4.78 is 0. The molecule has 1 fully saturated rings. The third-order valence-electron chi connectivity index (χ3n) is 3.45. The Morgan fingerprint density at radius 3 is 3.05 bits per heavy atom. The molecule has 104 valence electrons. The summed E-state index contributed by atoms with van der Waals surface area (Å²) in [6.07, 6.45) is 0. The molecule has 0 spiro atoms. The average Bonchev–Trinajstić information content (AvgIpc) is 2.40. The molecular weight excluding hydrogens is 262 g/mol. The summed E-state index contributed by atoms with van der Waals surface area (Å²) in [4.78, 5) is 13.9. The number of carbonyl (C=O) groups excluding carboxylic acids is 1. The topological polar surface area (TPSA) is 44.4 Å². The van der Waals surface area contributed by atoms with Crippen LogP contribution in [0.1, 0.15) is 19.4 Å². The Kier molecular flexibility index (Phi) is 4.66. The van der Waals surface area contributed by atoms with Gasteiger partial charge in [-0.1, -0.05) is 24.6 Å². The number of anilines is 1. The van der Waals surface area contributed by atoms with Crippen LogP contribution in [0.25, 0.3) is 0 Å². The highest BCUT2D eigenvalue weighted by Gasteiger charge is 2.27. The molecule has 2 rings (SSSR count). The van der Waals surface area contributed by atoms with Crippen molar-refractivity contribution in [3.05, 3.63) is 28.8 Å². The lowest BCUT2D eigenvalue weighted by Crippen LogP contribution is -2.54. The molecule has 0 aliphatic carbocycles. The van der Waals surface area contributed by atoms with E-state index in [0.717, 1.165) is 35.9 Å².